The van der Waals surface area contributed by atoms with Crippen LogP contribution in [-0.2, 0) is 15.1 Å². The molecule has 1 heterocycles. The summed E-state index contributed by atoms with van der Waals surface area (Å²) in [6.45, 7) is -0.683. The van der Waals surface area contributed by atoms with Crippen molar-refractivity contribution in [3.63, 3.8) is 0 Å². The molecule has 11 heteroatoms. The molecule has 190 valence electrons. The lowest BCUT2D eigenvalue weighted by atomic mass is 9.85. The van der Waals surface area contributed by atoms with E-state index in [9.17, 15) is 30.3 Å². The second-order valence-electron chi connectivity index (χ2n) is 8.32. The molecule has 0 aromatic heterocycles. The van der Waals surface area contributed by atoms with Crippen LogP contribution in [0.2, 0.25) is 0 Å². The van der Waals surface area contributed by atoms with Crippen LogP contribution in [0, 0.1) is 0 Å². The van der Waals surface area contributed by atoms with Gasteiger partial charge in [-0.05, 0) is 23.8 Å². The molecule has 0 radical (unpaired) electrons. The number of methoxy groups -OCH3 is 3. The lowest BCUT2D eigenvalue weighted by Gasteiger charge is -2.42. The number of hydrogen-bond acceptors (Lipinski definition) is 11. The fraction of sp³-hybridized carbons (Fsp3) is 0.458. The minimum absolute atomic E-state index is 0.0428. The minimum Gasteiger partial charge on any atom is -0.497 e. The van der Waals surface area contributed by atoms with Gasteiger partial charge in [0.2, 0.25) is 0 Å². The number of ether oxygens (including phenoxy) is 5. The van der Waals surface area contributed by atoms with Crippen LogP contribution in [0.4, 0.5) is 0 Å². The molecule has 0 spiro atoms. The van der Waals surface area contributed by atoms with Crippen molar-refractivity contribution in [2.24, 2.45) is 0 Å². The van der Waals surface area contributed by atoms with E-state index in [1.165, 1.54) is 33.5 Å². The second kappa shape index (κ2) is 9.70. The average Bonchev–Trinajstić information content (AvgIpc) is 3.10. The number of fused-ring (bicyclic) bond motifs is 1. The Kier molecular flexibility index (Phi) is 7.02. The van der Waals surface area contributed by atoms with E-state index in [1.54, 1.807) is 24.3 Å². The predicted molar refractivity (Wildman–Crippen MR) is 119 cm³/mol. The molecule has 2 aliphatic rings. The third-order valence-corrected chi connectivity index (χ3v) is 6.45. The van der Waals surface area contributed by atoms with Gasteiger partial charge in [0.15, 0.2) is 18.2 Å². The number of carbonyl (C=O) groups is 1. The van der Waals surface area contributed by atoms with Gasteiger partial charge in [-0.25, -0.2) is 0 Å². The van der Waals surface area contributed by atoms with Crippen molar-refractivity contribution in [3.05, 3.63) is 53.1 Å². The van der Waals surface area contributed by atoms with Crippen molar-refractivity contribution in [2.75, 3.05) is 27.9 Å². The van der Waals surface area contributed by atoms with E-state index in [-0.39, 0.29) is 22.4 Å². The lowest BCUT2D eigenvalue weighted by Crippen LogP contribution is -2.60. The summed E-state index contributed by atoms with van der Waals surface area (Å²) in [7, 11) is 4.27. The van der Waals surface area contributed by atoms with Crippen molar-refractivity contribution in [1.29, 1.82) is 0 Å². The highest BCUT2D eigenvalue weighted by molar-refractivity contribution is 6.08. The van der Waals surface area contributed by atoms with Crippen LogP contribution in [0.5, 0.6) is 17.2 Å². The number of carbonyl (C=O) groups excluding carboxylic acids is 1. The molecule has 1 aliphatic carbocycles. The maximum Gasteiger partial charge on any atom is 0.199 e. The third-order valence-electron chi connectivity index (χ3n) is 6.45. The summed E-state index contributed by atoms with van der Waals surface area (Å²) in [4.78, 5) is 13.6. The summed E-state index contributed by atoms with van der Waals surface area (Å²) in [5.74, 6) is 0.288. The molecule has 0 bridgehead atoms. The molecule has 2 aromatic rings. The Labute approximate surface area is 201 Å². The van der Waals surface area contributed by atoms with Crippen molar-refractivity contribution >= 4 is 5.78 Å². The zero-order valence-corrected chi connectivity index (χ0v) is 19.3. The summed E-state index contributed by atoms with van der Waals surface area (Å²) in [6.07, 6.45) is -9.70. The standard InChI is InChI=1S/C24H28O11/c1-31-12-6-4-11(5-7-12)24(30)14-8-13(32-2)9-15(33-3)17(14)19(27)22(24)35-23-21(29)20(28)18(26)16(10-25)34-23/h4-9,16,18,20-23,25-26,28-30H,10H2,1-3H3/t16-,18-,20+,21-,22?,23+,24?/m1/s1. The Morgan fingerprint density at radius 3 is 2.14 bits per heavy atom. The quantitative estimate of drug-likeness (QED) is 0.333. The van der Waals surface area contributed by atoms with E-state index >= 15 is 0 Å². The second-order valence-corrected chi connectivity index (χ2v) is 8.32. The van der Waals surface area contributed by atoms with Crippen LogP contribution in [0.25, 0.3) is 0 Å². The highest BCUT2D eigenvalue weighted by Crippen LogP contribution is 2.49. The van der Waals surface area contributed by atoms with E-state index in [0.717, 1.165) is 0 Å². The minimum atomic E-state index is -2.10. The Bertz CT molecular complexity index is 1070. The zero-order chi connectivity index (χ0) is 25.5. The maximum absolute atomic E-state index is 13.6. The zero-order valence-electron chi connectivity index (χ0n) is 19.3. The first-order valence-corrected chi connectivity index (χ1v) is 10.8. The lowest BCUT2D eigenvalue weighted by molar-refractivity contribution is -0.315. The summed E-state index contributed by atoms with van der Waals surface area (Å²) >= 11 is 0. The molecule has 1 aliphatic heterocycles. The van der Waals surface area contributed by atoms with Gasteiger partial charge in [0.05, 0.1) is 33.5 Å². The van der Waals surface area contributed by atoms with Gasteiger partial charge < -0.3 is 49.2 Å². The van der Waals surface area contributed by atoms with Crippen LogP contribution in [-0.4, -0.2) is 96.1 Å². The summed E-state index contributed by atoms with van der Waals surface area (Å²) < 4.78 is 27.2. The van der Waals surface area contributed by atoms with Gasteiger partial charge in [0.25, 0.3) is 0 Å². The van der Waals surface area contributed by atoms with Crippen LogP contribution < -0.4 is 14.2 Å². The van der Waals surface area contributed by atoms with Crippen LogP contribution in [0.1, 0.15) is 21.5 Å². The maximum atomic E-state index is 13.6. The van der Waals surface area contributed by atoms with Gasteiger partial charge in [-0.1, -0.05) is 12.1 Å². The first-order valence-electron chi connectivity index (χ1n) is 10.8. The molecule has 1 fully saturated rings. The van der Waals surface area contributed by atoms with Crippen LogP contribution in [0.15, 0.2) is 36.4 Å². The number of aliphatic hydroxyl groups excluding tert-OH is 4. The number of benzene rings is 2. The number of hydrogen-bond donors (Lipinski definition) is 5. The Morgan fingerprint density at radius 2 is 1.57 bits per heavy atom. The number of Topliss-reactive ketones (excluding diaryl/α,β-unsaturated/α-hetero) is 1. The molecule has 5 N–H and O–H groups in total. The first-order chi connectivity index (χ1) is 16.7. The van der Waals surface area contributed by atoms with Crippen molar-refractivity contribution in [1.82, 2.24) is 0 Å². The third kappa shape index (κ3) is 4.04. The SMILES string of the molecule is COc1ccc(C2(O)c3cc(OC)cc(OC)c3C(=O)C2O[C@@H]2O[C@H](CO)[C@@H](O)[C@H](O)[C@H]2O)cc1. The molecular formula is C24H28O11. The summed E-state index contributed by atoms with van der Waals surface area (Å²) in [6, 6.07) is 9.27. The highest BCUT2D eigenvalue weighted by atomic mass is 16.7. The smallest absolute Gasteiger partial charge is 0.199 e. The van der Waals surface area contributed by atoms with Gasteiger partial charge in [-0.2, -0.15) is 0 Å². The van der Waals surface area contributed by atoms with Gasteiger partial charge in [0, 0.05) is 11.6 Å². The molecule has 2 unspecified atom stereocenters. The summed E-state index contributed by atoms with van der Waals surface area (Å²) in [5, 5.41) is 52.3. The van der Waals surface area contributed by atoms with Crippen molar-refractivity contribution in [2.45, 2.75) is 42.4 Å². The van der Waals surface area contributed by atoms with Gasteiger partial charge in [0.1, 0.15) is 47.3 Å². The monoisotopic (exact) mass is 492 g/mol. The molecule has 11 nitrogen and oxygen atoms in total. The molecule has 0 saturated carbocycles. The molecule has 35 heavy (non-hydrogen) atoms. The van der Waals surface area contributed by atoms with E-state index in [2.05, 4.69) is 0 Å². The van der Waals surface area contributed by atoms with Crippen LogP contribution >= 0.6 is 0 Å². The molecule has 1 saturated heterocycles. The van der Waals surface area contributed by atoms with Gasteiger partial charge >= 0.3 is 0 Å². The van der Waals surface area contributed by atoms with Crippen LogP contribution in [0.3, 0.4) is 0 Å². The highest BCUT2D eigenvalue weighted by Gasteiger charge is 2.57. The molecular weight excluding hydrogens is 464 g/mol. The predicted octanol–water partition coefficient (Wildman–Crippen LogP) is -0.670. The summed E-state index contributed by atoms with van der Waals surface area (Å²) in [5.41, 5.74) is -1.66. The number of ketones is 1. The Balaban J connectivity index is 1.84. The molecule has 0 amide bonds. The molecule has 7 atom stereocenters. The molecule has 2 aromatic carbocycles. The van der Waals surface area contributed by atoms with Crippen molar-refractivity contribution in [3.8, 4) is 17.2 Å². The van der Waals surface area contributed by atoms with E-state index in [1.807, 2.05) is 0 Å². The van der Waals surface area contributed by atoms with E-state index < -0.39 is 54.8 Å². The van der Waals surface area contributed by atoms with Gasteiger partial charge in [-0.15, -0.1) is 0 Å². The topological polar surface area (TPSA) is 164 Å². The average molecular weight is 492 g/mol. The van der Waals surface area contributed by atoms with Crippen molar-refractivity contribution < 1.29 is 54.0 Å². The Hall–Kier alpha value is -2.77. The van der Waals surface area contributed by atoms with E-state index in [4.69, 9.17) is 23.7 Å². The Morgan fingerprint density at radius 1 is 0.914 bits per heavy atom. The number of aliphatic hydroxyl groups is 5. The van der Waals surface area contributed by atoms with E-state index in [0.29, 0.717) is 11.5 Å². The largest absolute Gasteiger partial charge is 0.497 e. The number of rotatable bonds is 7. The molecule has 4 rings (SSSR count). The van der Waals surface area contributed by atoms with Gasteiger partial charge in [-0.3, -0.25) is 4.79 Å². The fourth-order valence-electron chi connectivity index (χ4n) is 4.51. The fourth-order valence-corrected chi connectivity index (χ4v) is 4.51. The first kappa shape index (κ1) is 25.3. The normalized spacial score (nSPS) is 32.3.